The molecule has 146 valence electrons. The first-order chi connectivity index (χ1) is 13.1. The van der Waals surface area contributed by atoms with Gasteiger partial charge in [0.05, 0.1) is 24.9 Å². The summed E-state index contributed by atoms with van der Waals surface area (Å²) < 4.78 is 11.6. The summed E-state index contributed by atoms with van der Waals surface area (Å²) in [5, 5.41) is 20.1. The maximum atomic E-state index is 10.2. The number of halogens is 1. The number of hydrogen-bond acceptors (Lipinski definition) is 4. The van der Waals surface area contributed by atoms with Crippen molar-refractivity contribution in [3.63, 3.8) is 0 Å². The Morgan fingerprint density at radius 1 is 1.15 bits per heavy atom. The van der Waals surface area contributed by atoms with Crippen molar-refractivity contribution in [2.75, 3.05) is 13.2 Å². The molecule has 1 aliphatic heterocycles. The molecule has 0 aromatic heterocycles. The van der Waals surface area contributed by atoms with Crippen LogP contribution >= 0.6 is 11.6 Å². The lowest BCUT2D eigenvalue weighted by molar-refractivity contribution is -0.103. The predicted octanol–water partition coefficient (Wildman–Crippen LogP) is 4.29. The molecule has 2 N–H and O–H groups in total. The van der Waals surface area contributed by atoms with Gasteiger partial charge < -0.3 is 19.7 Å². The molecular weight excluding hydrogens is 364 g/mol. The van der Waals surface area contributed by atoms with Gasteiger partial charge in [0.15, 0.2) is 0 Å². The predicted molar refractivity (Wildman–Crippen MR) is 106 cm³/mol. The average Bonchev–Trinajstić information content (AvgIpc) is 2.65. The van der Waals surface area contributed by atoms with Crippen LogP contribution in [0.5, 0.6) is 5.75 Å². The van der Waals surface area contributed by atoms with E-state index in [9.17, 15) is 10.2 Å². The van der Waals surface area contributed by atoms with Crippen LogP contribution in [0.15, 0.2) is 42.5 Å². The molecule has 1 aliphatic rings. The van der Waals surface area contributed by atoms with Crippen molar-refractivity contribution in [2.24, 2.45) is 0 Å². The Kier molecular flexibility index (Phi) is 7.13. The normalized spacial score (nSPS) is 22.6. The van der Waals surface area contributed by atoms with Crippen LogP contribution in [-0.2, 0) is 11.2 Å². The summed E-state index contributed by atoms with van der Waals surface area (Å²) in [6.07, 6.45) is 1.69. The Morgan fingerprint density at radius 3 is 2.63 bits per heavy atom. The van der Waals surface area contributed by atoms with Gasteiger partial charge in [0.2, 0.25) is 0 Å². The minimum atomic E-state index is -0.412. The van der Waals surface area contributed by atoms with E-state index in [4.69, 9.17) is 21.1 Å². The van der Waals surface area contributed by atoms with Gasteiger partial charge in [-0.2, -0.15) is 0 Å². The third-order valence-corrected chi connectivity index (χ3v) is 5.27. The number of hydrogen-bond donors (Lipinski definition) is 2. The molecule has 0 saturated carbocycles. The Labute approximate surface area is 165 Å². The van der Waals surface area contributed by atoms with Crippen LogP contribution in [0.3, 0.4) is 0 Å². The summed E-state index contributed by atoms with van der Waals surface area (Å²) in [5.41, 5.74) is 3.20. The lowest BCUT2D eigenvalue weighted by Gasteiger charge is -2.33. The van der Waals surface area contributed by atoms with E-state index >= 15 is 0 Å². The lowest BCUT2D eigenvalue weighted by Crippen LogP contribution is -2.32. The standard InChI is InChI=1S/C22H27ClO4/c1-2-26-19-6-3-15(4-7-19)11-17-12-16(5-8-21(17)23)22-14-18(25)13-20(27-22)9-10-24/h3-8,12,18,20,22,24-25H,2,9-11,13-14H2,1H3/t18-,20+,22+/m0/s1. The van der Waals surface area contributed by atoms with Crippen LogP contribution in [0.4, 0.5) is 0 Å². The zero-order valence-electron chi connectivity index (χ0n) is 15.6. The summed E-state index contributed by atoms with van der Waals surface area (Å²) in [5.74, 6) is 0.862. The van der Waals surface area contributed by atoms with E-state index in [1.54, 1.807) is 0 Å². The molecule has 1 saturated heterocycles. The van der Waals surface area contributed by atoms with Gasteiger partial charge in [0.25, 0.3) is 0 Å². The number of aliphatic hydroxyl groups excluding tert-OH is 2. The van der Waals surface area contributed by atoms with Crippen LogP contribution in [0.1, 0.15) is 49.0 Å². The van der Waals surface area contributed by atoms with Gasteiger partial charge in [-0.05, 0) is 61.1 Å². The molecule has 1 heterocycles. The highest BCUT2D eigenvalue weighted by molar-refractivity contribution is 6.31. The molecule has 0 aliphatic carbocycles. The molecule has 27 heavy (non-hydrogen) atoms. The Morgan fingerprint density at radius 2 is 1.93 bits per heavy atom. The zero-order valence-corrected chi connectivity index (χ0v) is 16.4. The second kappa shape index (κ2) is 9.56. The van der Waals surface area contributed by atoms with E-state index in [-0.39, 0.29) is 18.8 Å². The lowest BCUT2D eigenvalue weighted by atomic mass is 9.93. The van der Waals surface area contributed by atoms with Crippen LogP contribution in [-0.4, -0.2) is 35.6 Å². The Bertz CT molecular complexity index is 732. The van der Waals surface area contributed by atoms with Crippen molar-refractivity contribution in [2.45, 2.75) is 50.9 Å². The molecule has 3 rings (SSSR count). The first kappa shape index (κ1) is 20.2. The zero-order chi connectivity index (χ0) is 19.2. The highest BCUT2D eigenvalue weighted by atomic mass is 35.5. The van der Waals surface area contributed by atoms with Gasteiger partial charge in [-0.3, -0.25) is 0 Å². The summed E-state index contributed by atoms with van der Waals surface area (Å²) >= 11 is 6.43. The van der Waals surface area contributed by atoms with Gasteiger partial charge in [0, 0.05) is 18.1 Å². The fourth-order valence-corrected chi connectivity index (χ4v) is 3.74. The molecule has 0 radical (unpaired) electrons. The van der Waals surface area contributed by atoms with Gasteiger partial charge in [0.1, 0.15) is 5.75 Å². The van der Waals surface area contributed by atoms with Gasteiger partial charge in [-0.1, -0.05) is 35.9 Å². The number of rotatable bonds is 7. The van der Waals surface area contributed by atoms with Crippen molar-refractivity contribution < 1.29 is 19.7 Å². The molecule has 0 spiro atoms. The minimum absolute atomic E-state index is 0.0632. The Balaban J connectivity index is 1.75. The monoisotopic (exact) mass is 390 g/mol. The second-order valence-corrected chi connectivity index (χ2v) is 7.40. The second-order valence-electron chi connectivity index (χ2n) is 6.99. The molecular formula is C22H27ClO4. The Hall–Kier alpha value is -1.59. The van der Waals surface area contributed by atoms with E-state index in [0.717, 1.165) is 27.5 Å². The molecule has 1 fully saturated rings. The van der Waals surface area contributed by atoms with Crippen LogP contribution in [0.25, 0.3) is 0 Å². The molecule has 0 amide bonds. The number of ether oxygens (including phenoxy) is 2. The molecule has 4 nitrogen and oxygen atoms in total. The summed E-state index contributed by atoms with van der Waals surface area (Å²) in [4.78, 5) is 0. The van der Waals surface area contributed by atoms with Gasteiger partial charge in [-0.25, -0.2) is 0 Å². The van der Waals surface area contributed by atoms with Crippen molar-refractivity contribution in [1.82, 2.24) is 0 Å². The third-order valence-electron chi connectivity index (χ3n) is 4.90. The quantitative estimate of drug-likeness (QED) is 0.740. The molecule has 5 heteroatoms. The molecule has 2 aromatic carbocycles. The largest absolute Gasteiger partial charge is 0.494 e. The maximum Gasteiger partial charge on any atom is 0.119 e. The van der Waals surface area contributed by atoms with Gasteiger partial charge in [-0.15, -0.1) is 0 Å². The molecule has 3 atom stereocenters. The average molecular weight is 391 g/mol. The fourth-order valence-electron chi connectivity index (χ4n) is 3.56. The van der Waals surface area contributed by atoms with E-state index in [1.807, 2.05) is 43.3 Å². The summed E-state index contributed by atoms with van der Waals surface area (Å²) in [6, 6.07) is 14.0. The topological polar surface area (TPSA) is 58.9 Å². The fraction of sp³-hybridized carbons (Fsp3) is 0.455. The molecule has 2 aromatic rings. The molecule has 0 bridgehead atoms. The minimum Gasteiger partial charge on any atom is -0.494 e. The highest BCUT2D eigenvalue weighted by Gasteiger charge is 2.29. The van der Waals surface area contributed by atoms with Crippen molar-refractivity contribution in [3.05, 3.63) is 64.2 Å². The van der Waals surface area contributed by atoms with E-state index in [0.29, 0.717) is 32.3 Å². The van der Waals surface area contributed by atoms with E-state index < -0.39 is 6.10 Å². The third kappa shape index (κ3) is 5.45. The van der Waals surface area contributed by atoms with Crippen LogP contribution < -0.4 is 4.74 Å². The van der Waals surface area contributed by atoms with Crippen LogP contribution in [0, 0.1) is 0 Å². The molecule has 0 unspecified atom stereocenters. The SMILES string of the molecule is CCOc1ccc(Cc2cc([C@H]3C[C@@H](O)C[C@@H](CCO)O3)ccc2Cl)cc1. The van der Waals surface area contributed by atoms with Crippen molar-refractivity contribution >= 4 is 11.6 Å². The van der Waals surface area contributed by atoms with Crippen molar-refractivity contribution in [3.8, 4) is 5.75 Å². The highest BCUT2D eigenvalue weighted by Crippen LogP contribution is 2.34. The van der Waals surface area contributed by atoms with Gasteiger partial charge >= 0.3 is 0 Å². The van der Waals surface area contributed by atoms with E-state index in [1.165, 1.54) is 0 Å². The number of benzene rings is 2. The summed E-state index contributed by atoms with van der Waals surface area (Å²) in [7, 11) is 0. The number of aliphatic hydroxyl groups is 2. The van der Waals surface area contributed by atoms with E-state index in [2.05, 4.69) is 6.07 Å². The first-order valence-electron chi connectivity index (χ1n) is 9.53. The smallest absolute Gasteiger partial charge is 0.119 e. The van der Waals surface area contributed by atoms with Crippen molar-refractivity contribution in [1.29, 1.82) is 0 Å². The maximum absolute atomic E-state index is 10.2. The summed E-state index contributed by atoms with van der Waals surface area (Å²) in [6.45, 7) is 2.68. The van der Waals surface area contributed by atoms with Crippen LogP contribution in [0.2, 0.25) is 5.02 Å². The first-order valence-corrected chi connectivity index (χ1v) is 9.91.